The molecule has 7 heteroatoms. The molecule has 6 nitrogen and oxygen atoms in total. The molecule has 0 bridgehead atoms. The van der Waals surface area contributed by atoms with Crippen LogP contribution in [0.2, 0.25) is 0 Å². The Labute approximate surface area is 195 Å². The van der Waals surface area contributed by atoms with Crippen molar-refractivity contribution < 1.29 is 9.90 Å². The van der Waals surface area contributed by atoms with Gasteiger partial charge in [0.2, 0.25) is 0 Å². The minimum atomic E-state index is -0.744. The van der Waals surface area contributed by atoms with Crippen LogP contribution in [0.4, 0.5) is 0 Å². The highest BCUT2D eigenvalue weighted by Crippen LogP contribution is 2.34. The molecule has 0 saturated carbocycles. The Kier molecular flexibility index (Phi) is 7.16. The quantitative estimate of drug-likeness (QED) is 0.604. The van der Waals surface area contributed by atoms with Crippen LogP contribution in [0, 0.1) is 13.8 Å². The Hall–Kier alpha value is -2.96. The van der Waals surface area contributed by atoms with Gasteiger partial charge in [-0.1, -0.05) is 66.6 Å². The Morgan fingerprint density at radius 2 is 1.81 bits per heavy atom. The first kappa shape index (κ1) is 23.7. The number of halogens is 1. The van der Waals surface area contributed by atoms with Crippen LogP contribution in [0.25, 0.3) is 0 Å². The Morgan fingerprint density at radius 1 is 1.12 bits per heavy atom. The van der Waals surface area contributed by atoms with Crippen molar-refractivity contribution in [1.82, 2.24) is 14.8 Å². The maximum absolute atomic E-state index is 13.4. The molecule has 2 heterocycles. The molecule has 1 aliphatic rings. The lowest BCUT2D eigenvalue weighted by molar-refractivity contribution is 0.0329. The van der Waals surface area contributed by atoms with Gasteiger partial charge in [-0.25, -0.2) is 5.01 Å². The maximum atomic E-state index is 13.4. The second-order valence-corrected chi connectivity index (χ2v) is 8.37. The van der Waals surface area contributed by atoms with Crippen molar-refractivity contribution >= 4 is 24.0 Å². The Morgan fingerprint density at radius 3 is 2.44 bits per heavy atom. The van der Waals surface area contributed by atoms with Crippen LogP contribution in [0.3, 0.4) is 0 Å². The minimum Gasteiger partial charge on any atom is -0.394 e. The van der Waals surface area contributed by atoms with Crippen molar-refractivity contribution in [3.05, 3.63) is 88.7 Å². The summed E-state index contributed by atoms with van der Waals surface area (Å²) in [6, 6.07) is 16.3. The molecule has 168 valence electrons. The summed E-state index contributed by atoms with van der Waals surface area (Å²) in [6.45, 7) is 6.52. The molecule has 32 heavy (non-hydrogen) atoms. The van der Waals surface area contributed by atoms with Gasteiger partial charge in [0.1, 0.15) is 0 Å². The van der Waals surface area contributed by atoms with E-state index in [4.69, 9.17) is 5.10 Å². The molecule has 1 aromatic heterocycles. The van der Waals surface area contributed by atoms with E-state index < -0.39 is 5.54 Å². The molecule has 2 aromatic carbocycles. The lowest BCUT2D eigenvalue weighted by Gasteiger charge is -2.33. The topological polar surface area (TPSA) is 70.7 Å². The predicted octanol–water partition coefficient (Wildman–Crippen LogP) is 4.36. The van der Waals surface area contributed by atoms with Gasteiger partial charge in [-0.2, -0.15) is 10.2 Å². The van der Waals surface area contributed by atoms with E-state index in [9.17, 15) is 9.90 Å². The molecular formula is C25H29ClN4O2. The van der Waals surface area contributed by atoms with Gasteiger partial charge in [0.15, 0.2) is 0 Å². The average molecular weight is 453 g/mol. The van der Waals surface area contributed by atoms with Gasteiger partial charge in [-0.05, 0) is 31.4 Å². The van der Waals surface area contributed by atoms with E-state index in [-0.39, 0.29) is 24.9 Å². The van der Waals surface area contributed by atoms with E-state index in [1.807, 2.05) is 37.3 Å². The number of aliphatic hydroxyl groups is 1. The number of rotatable bonds is 6. The van der Waals surface area contributed by atoms with Crippen molar-refractivity contribution in [1.29, 1.82) is 0 Å². The van der Waals surface area contributed by atoms with E-state index in [0.717, 1.165) is 28.0 Å². The predicted molar refractivity (Wildman–Crippen MR) is 128 cm³/mol. The van der Waals surface area contributed by atoms with Crippen molar-refractivity contribution in [2.75, 3.05) is 6.61 Å². The number of carbonyl (C=O) groups excluding carboxylic acids is 1. The molecule has 0 spiro atoms. The maximum Gasteiger partial charge on any atom is 0.277 e. The highest BCUT2D eigenvalue weighted by molar-refractivity contribution is 6.05. The summed E-state index contributed by atoms with van der Waals surface area (Å²) >= 11 is 0. The van der Waals surface area contributed by atoms with Crippen molar-refractivity contribution in [3.63, 3.8) is 0 Å². The molecule has 0 saturated heterocycles. The van der Waals surface area contributed by atoms with Crippen molar-refractivity contribution in [3.8, 4) is 0 Å². The van der Waals surface area contributed by atoms with Crippen LogP contribution in [-0.2, 0) is 6.54 Å². The number of aliphatic hydroxyl groups excluding tert-OH is 1. The number of carbonyl (C=O) groups is 1. The van der Waals surface area contributed by atoms with Crippen molar-refractivity contribution in [2.24, 2.45) is 5.10 Å². The van der Waals surface area contributed by atoms with Gasteiger partial charge < -0.3 is 5.11 Å². The van der Waals surface area contributed by atoms with Crippen LogP contribution in [0.15, 0.2) is 66.0 Å². The molecule has 0 fully saturated rings. The van der Waals surface area contributed by atoms with E-state index in [0.29, 0.717) is 24.9 Å². The van der Waals surface area contributed by atoms with Gasteiger partial charge in [0.05, 0.1) is 36.2 Å². The van der Waals surface area contributed by atoms with E-state index >= 15 is 0 Å². The van der Waals surface area contributed by atoms with E-state index in [1.165, 1.54) is 5.01 Å². The highest BCUT2D eigenvalue weighted by Gasteiger charge is 2.45. The first-order valence-electron chi connectivity index (χ1n) is 10.6. The Balaban J connectivity index is 0.00000289. The number of hydrogen-bond acceptors (Lipinski definition) is 4. The zero-order chi connectivity index (χ0) is 22.0. The second-order valence-electron chi connectivity index (χ2n) is 8.37. The van der Waals surface area contributed by atoms with Gasteiger partial charge in [-0.15, -0.1) is 12.4 Å². The molecule has 0 radical (unpaired) electrons. The summed E-state index contributed by atoms with van der Waals surface area (Å²) in [4.78, 5) is 13.4. The van der Waals surface area contributed by atoms with Crippen molar-refractivity contribution in [2.45, 2.75) is 45.7 Å². The van der Waals surface area contributed by atoms with Crippen LogP contribution in [0.5, 0.6) is 0 Å². The third-order valence-corrected chi connectivity index (χ3v) is 5.93. The number of nitrogens with zero attached hydrogens (tertiary/aromatic N) is 4. The summed E-state index contributed by atoms with van der Waals surface area (Å²) in [6.07, 6.45) is 4.45. The van der Waals surface area contributed by atoms with Crippen LogP contribution in [0.1, 0.15) is 52.4 Å². The third kappa shape index (κ3) is 4.61. The summed E-state index contributed by atoms with van der Waals surface area (Å²) in [5.74, 6) is -0.241. The zero-order valence-electron chi connectivity index (χ0n) is 18.7. The molecule has 3 aromatic rings. The number of hydrogen-bond donors (Lipinski definition) is 1. The molecule has 1 atom stereocenters. The largest absolute Gasteiger partial charge is 0.394 e. The lowest BCUT2D eigenvalue weighted by Crippen LogP contribution is -2.48. The van der Waals surface area contributed by atoms with Crippen LogP contribution >= 0.6 is 12.4 Å². The lowest BCUT2D eigenvalue weighted by atomic mass is 9.88. The summed E-state index contributed by atoms with van der Waals surface area (Å²) in [5, 5.41) is 20.8. The fourth-order valence-electron chi connectivity index (χ4n) is 4.17. The molecule has 1 N–H and O–H groups in total. The molecule has 4 rings (SSSR count). The number of aryl methyl sites for hydroxylation is 2. The smallest absolute Gasteiger partial charge is 0.277 e. The minimum absolute atomic E-state index is 0. The summed E-state index contributed by atoms with van der Waals surface area (Å²) in [5.41, 5.74) is 4.95. The fourth-order valence-corrected chi connectivity index (χ4v) is 4.17. The first-order valence-corrected chi connectivity index (χ1v) is 10.6. The van der Waals surface area contributed by atoms with Crippen LogP contribution in [-0.4, -0.2) is 43.7 Å². The molecule has 1 amide bonds. The Bertz CT molecular complexity index is 1100. The second kappa shape index (κ2) is 9.67. The first-order chi connectivity index (χ1) is 14.9. The van der Waals surface area contributed by atoms with Gasteiger partial charge in [0.25, 0.3) is 5.91 Å². The van der Waals surface area contributed by atoms with Gasteiger partial charge in [-0.3, -0.25) is 9.48 Å². The van der Waals surface area contributed by atoms with E-state index in [2.05, 4.69) is 37.1 Å². The number of aromatic nitrogens is 2. The molecule has 1 aliphatic heterocycles. The molecular weight excluding hydrogens is 424 g/mol. The fraction of sp³-hybridized carbons (Fsp3) is 0.320. The number of hydrazone groups is 1. The van der Waals surface area contributed by atoms with E-state index in [1.54, 1.807) is 17.1 Å². The zero-order valence-corrected chi connectivity index (χ0v) is 19.5. The number of benzene rings is 2. The summed E-state index contributed by atoms with van der Waals surface area (Å²) in [7, 11) is 0. The molecule has 1 unspecified atom stereocenters. The van der Waals surface area contributed by atoms with Crippen LogP contribution < -0.4 is 0 Å². The highest BCUT2D eigenvalue weighted by atomic mass is 35.5. The normalized spacial score (nSPS) is 17.8. The summed E-state index contributed by atoms with van der Waals surface area (Å²) < 4.78 is 1.75. The SMILES string of the molecule is CCC1(CO)CC(c2cc(C)cc(C)c2)=NN1C(=O)c1cnn(Cc2ccccc2)c1.Cl. The van der Waals surface area contributed by atoms with Gasteiger partial charge in [0, 0.05) is 12.6 Å². The number of amides is 1. The molecule has 0 aliphatic carbocycles. The van der Waals surface area contributed by atoms with Gasteiger partial charge >= 0.3 is 0 Å². The standard InChI is InChI=1S/C25H28N4O2.ClH/c1-4-25(17-30)13-23(21-11-18(2)10-19(3)12-21)27-29(25)24(31)22-14-26-28(16-22)15-20-8-6-5-7-9-20;/h5-12,14,16,30H,4,13,15,17H2,1-3H3;1H. The monoisotopic (exact) mass is 452 g/mol. The average Bonchev–Trinajstić information content (AvgIpc) is 3.39. The third-order valence-electron chi connectivity index (χ3n) is 5.93.